The highest BCUT2D eigenvalue weighted by molar-refractivity contribution is 5.95. The standard InChI is InChI=1S/C19H23N3O4/c1-22(8-9-23)16-6-4-14(5-7-16)13-20-21-19(24)15-10-17(25-2)12-18(11-15)26-3/h4-7,10-13,23H,8-9H2,1-3H3,(H,21,24)/b20-13-. The summed E-state index contributed by atoms with van der Waals surface area (Å²) in [6, 6.07) is 12.5. The number of carbonyl (C=O) groups is 1. The van der Waals surface area contributed by atoms with Gasteiger partial charge in [-0.05, 0) is 29.8 Å². The number of ether oxygens (including phenoxy) is 2. The Balaban J connectivity index is 2.00. The van der Waals surface area contributed by atoms with Gasteiger partial charge in [-0.2, -0.15) is 5.10 Å². The third-order valence-electron chi connectivity index (χ3n) is 3.76. The van der Waals surface area contributed by atoms with E-state index in [1.165, 1.54) is 14.2 Å². The molecule has 26 heavy (non-hydrogen) atoms. The molecule has 2 rings (SSSR count). The highest BCUT2D eigenvalue weighted by atomic mass is 16.5. The summed E-state index contributed by atoms with van der Waals surface area (Å²) in [5, 5.41) is 12.9. The van der Waals surface area contributed by atoms with Gasteiger partial charge in [0.25, 0.3) is 5.91 Å². The largest absolute Gasteiger partial charge is 0.497 e. The number of hydrazone groups is 1. The van der Waals surface area contributed by atoms with Crippen LogP contribution in [0.2, 0.25) is 0 Å². The topological polar surface area (TPSA) is 83.4 Å². The summed E-state index contributed by atoms with van der Waals surface area (Å²) in [7, 11) is 4.95. The van der Waals surface area contributed by atoms with Crippen LogP contribution in [0.15, 0.2) is 47.6 Å². The molecule has 0 heterocycles. The molecule has 0 aromatic heterocycles. The van der Waals surface area contributed by atoms with E-state index in [-0.39, 0.29) is 12.5 Å². The van der Waals surface area contributed by atoms with Crippen molar-refractivity contribution in [1.29, 1.82) is 0 Å². The van der Waals surface area contributed by atoms with Crippen molar-refractivity contribution in [3.63, 3.8) is 0 Å². The summed E-state index contributed by atoms with van der Waals surface area (Å²) in [5.74, 6) is 0.694. The number of likely N-dealkylation sites (N-methyl/N-ethyl adjacent to an activating group) is 1. The Hall–Kier alpha value is -3.06. The number of carbonyl (C=O) groups excluding carboxylic acids is 1. The molecule has 2 N–H and O–H groups in total. The number of rotatable bonds is 8. The number of benzene rings is 2. The zero-order valence-electron chi connectivity index (χ0n) is 15.1. The van der Waals surface area contributed by atoms with Gasteiger partial charge in [-0.3, -0.25) is 4.79 Å². The minimum Gasteiger partial charge on any atom is -0.497 e. The van der Waals surface area contributed by atoms with Crippen LogP contribution in [-0.2, 0) is 0 Å². The lowest BCUT2D eigenvalue weighted by Crippen LogP contribution is -2.20. The molecule has 1 amide bonds. The van der Waals surface area contributed by atoms with E-state index in [0.717, 1.165) is 11.3 Å². The first kappa shape index (κ1) is 19.3. The number of hydrogen-bond donors (Lipinski definition) is 2. The molecule has 0 bridgehead atoms. The smallest absolute Gasteiger partial charge is 0.271 e. The van der Waals surface area contributed by atoms with Crippen LogP contribution >= 0.6 is 0 Å². The fourth-order valence-corrected chi connectivity index (χ4v) is 2.26. The minimum absolute atomic E-state index is 0.0980. The molecule has 0 aliphatic rings. The quantitative estimate of drug-likeness (QED) is 0.557. The lowest BCUT2D eigenvalue weighted by atomic mass is 10.2. The van der Waals surface area contributed by atoms with Gasteiger partial charge in [0.15, 0.2) is 0 Å². The molecule has 0 saturated heterocycles. The van der Waals surface area contributed by atoms with Gasteiger partial charge in [0, 0.05) is 30.9 Å². The van der Waals surface area contributed by atoms with Crippen LogP contribution in [0.1, 0.15) is 15.9 Å². The van der Waals surface area contributed by atoms with Crippen LogP contribution in [0.3, 0.4) is 0 Å². The highest BCUT2D eigenvalue weighted by Gasteiger charge is 2.09. The van der Waals surface area contributed by atoms with E-state index in [1.54, 1.807) is 24.4 Å². The summed E-state index contributed by atoms with van der Waals surface area (Å²) in [6.45, 7) is 0.661. The first-order valence-electron chi connectivity index (χ1n) is 8.06. The zero-order valence-corrected chi connectivity index (χ0v) is 15.1. The van der Waals surface area contributed by atoms with Gasteiger partial charge in [-0.1, -0.05) is 12.1 Å². The van der Waals surface area contributed by atoms with Gasteiger partial charge >= 0.3 is 0 Å². The van der Waals surface area contributed by atoms with E-state index >= 15 is 0 Å². The Morgan fingerprint density at radius 1 is 1.15 bits per heavy atom. The van der Waals surface area contributed by atoms with Crippen LogP contribution < -0.4 is 19.8 Å². The molecule has 7 nitrogen and oxygen atoms in total. The Bertz CT molecular complexity index is 738. The van der Waals surface area contributed by atoms with Crippen molar-refractivity contribution in [2.24, 2.45) is 5.10 Å². The van der Waals surface area contributed by atoms with Gasteiger partial charge < -0.3 is 19.5 Å². The van der Waals surface area contributed by atoms with Crippen molar-refractivity contribution in [2.75, 3.05) is 39.3 Å². The van der Waals surface area contributed by atoms with E-state index in [9.17, 15) is 4.79 Å². The number of aliphatic hydroxyl groups is 1. The maximum atomic E-state index is 12.2. The number of methoxy groups -OCH3 is 2. The number of nitrogens with one attached hydrogen (secondary N) is 1. The molecule has 0 fully saturated rings. The Morgan fingerprint density at radius 3 is 2.31 bits per heavy atom. The van der Waals surface area contributed by atoms with Crippen LogP contribution in [-0.4, -0.2) is 51.6 Å². The number of nitrogens with zero attached hydrogens (tertiary/aromatic N) is 2. The molecule has 0 spiro atoms. The maximum absolute atomic E-state index is 12.2. The Morgan fingerprint density at radius 2 is 1.77 bits per heavy atom. The molecule has 0 aliphatic carbocycles. The number of aliphatic hydroxyl groups excluding tert-OH is 1. The monoisotopic (exact) mass is 357 g/mol. The van der Waals surface area contributed by atoms with Gasteiger partial charge in [-0.15, -0.1) is 0 Å². The van der Waals surface area contributed by atoms with Crippen LogP contribution in [0.4, 0.5) is 5.69 Å². The Labute approximate surface area is 152 Å². The van der Waals surface area contributed by atoms with Crippen molar-refractivity contribution in [3.05, 3.63) is 53.6 Å². The molecule has 2 aromatic carbocycles. The number of amides is 1. The van der Waals surface area contributed by atoms with E-state index in [0.29, 0.717) is 23.6 Å². The van der Waals surface area contributed by atoms with Crippen LogP contribution in [0.25, 0.3) is 0 Å². The average Bonchev–Trinajstić information content (AvgIpc) is 2.68. The fraction of sp³-hybridized carbons (Fsp3) is 0.263. The lowest BCUT2D eigenvalue weighted by Gasteiger charge is -2.17. The molecule has 0 saturated carbocycles. The summed E-state index contributed by atoms with van der Waals surface area (Å²) < 4.78 is 10.3. The second-order valence-corrected chi connectivity index (χ2v) is 5.54. The number of hydrogen-bond acceptors (Lipinski definition) is 6. The molecular formula is C19H23N3O4. The average molecular weight is 357 g/mol. The minimum atomic E-state index is -0.363. The van der Waals surface area contributed by atoms with Crippen LogP contribution in [0, 0.1) is 0 Å². The predicted octanol–water partition coefficient (Wildman–Crippen LogP) is 1.90. The Kier molecular flexibility index (Phi) is 6.99. The number of anilines is 1. The second kappa shape index (κ2) is 9.43. The molecule has 0 aliphatic heterocycles. The normalized spacial score (nSPS) is 10.6. The van der Waals surface area contributed by atoms with Crippen molar-refractivity contribution >= 4 is 17.8 Å². The summed E-state index contributed by atoms with van der Waals surface area (Å²) in [6.07, 6.45) is 1.56. The second-order valence-electron chi connectivity index (χ2n) is 5.54. The molecule has 138 valence electrons. The van der Waals surface area contributed by atoms with Gasteiger partial charge in [0.1, 0.15) is 11.5 Å². The third-order valence-corrected chi connectivity index (χ3v) is 3.76. The maximum Gasteiger partial charge on any atom is 0.271 e. The van der Waals surface area contributed by atoms with E-state index in [1.807, 2.05) is 36.2 Å². The first-order chi connectivity index (χ1) is 12.6. The van der Waals surface area contributed by atoms with Crippen molar-refractivity contribution in [3.8, 4) is 11.5 Å². The van der Waals surface area contributed by atoms with E-state index < -0.39 is 0 Å². The van der Waals surface area contributed by atoms with Crippen molar-refractivity contribution in [1.82, 2.24) is 5.43 Å². The van der Waals surface area contributed by atoms with Crippen LogP contribution in [0.5, 0.6) is 11.5 Å². The predicted molar refractivity (Wildman–Crippen MR) is 101 cm³/mol. The SMILES string of the molecule is COc1cc(OC)cc(C(=O)N/N=C\c2ccc(N(C)CCO)cc2)c1. The lowest BCUT2D eigenvalue weighted by molar-refractivity contribution is 0.0954. The van der Waals surface area contributed by atoms with Gasteiger partial charge in [-0.25, -0.2) is 5.43 Å². The van der Waals surface area contributed by atoms with Crippen molar-refractivity contribution in [2.45, 2.75) is 0 Å². The fourth-order valence-electron chi connectivity index (χ4n) is 2.26. The molecule has 7 heteroatoms. The van der Waals surface area contributed by atoms with Gasteiger partial charge in [0.05, 0.1) is 27.0 Å². The molecule has 0 atom stereocenters. The van der Waals surface area contributed by atoms with Gasteiger partial charge in [0.2, 0.25) is 0 Å². The van der Waals surface area contributed by atoms with E-state index in [4.69, 9.17) is 14.6 Å². The summed E-state index contributed by atoms with van der Waals surface area (Å²) in [5.41, 5.74) is 4.70. The zero-order chi connectivity index (χ0) is 18.9. The molecule has 0 radical (unpaired) electrons. The molecule has 2 aromatic rings. The third kappa shape index (κ3) is 5.22. The summed E-state index contributed by atoms with van der Waals surface area (Å²) in [4.78, 5) is 14.2. The van der Waals surface area contributed by atoms with Crippen molar-refractivity contribution < 1.29 is 19.4 Å². The summed E-state index contributed by atoms with van der Waals surface area (Å²) >= 11 is 0. The van der Waals surface area contributed by atoms with E-state index in [2.05, 4.69) is 10.5 Å². The first-order valence-corrected chi connectivity index (χ1v) is 8.06. The highest BCUT2D eigenvalue weighted by Crippen LogP contribution is 2.22. The molecule has 0 unspecified atom stereocenters. The molecular weight excluding hydrogens is 334 g/mol.